The lowest BCUT2D eigenvalue weighted by Gasteiger charge is -2.04. The number of hydrogen-bond acceptors (Lipinski definition) is 1. The van der Waals surface area contributed by atoms with Gasteiger partial charge in [0.05, 0.1) is 6.61 Å². The van der Waals surface area contributed by atoms with Crippen molar-refractivity contribution in [2.24, 2.45) is 0 Å². The Morgan fingerprint density at radius 1 is 0.611 bits per heavy atom. The number of hydrogen-bond donors (Lipinski definition) is 0. The molecule has 18 heavy (non-hydrogen) atoms. The van der Waals surface area contributed by atoms with E-state index in [1.165, 1.54) is 64.2 Å². The molecule has 0 heterocycles. The summed E-state index contributed by atoms with van der Waals surface area (Å²) in [4.78, 5) is 0. The van der Waals surface area contributed by atoms with Crippen molar-refractivity contribution in [3.63, 3.8) is 0 Å². The molecule has 0 bridgehead atoms. The molecule has 0 atom stereocenters. The summed E-state index contributed by atoms with van der Waals surface area (Å²) >= 11 is 0. The largest absolute Gasteiger partial charge is 0.381 e. The van der Waals surface area contributed by atoms with Gasteiger partial charge in [0.1, 0.15) is 0 Å². The van der Waals surface area contributed by atoms with Gasteiger partial charge in [0.25, 0.3) is 0 Å². The minimum absolute atomic E-state index is 0.103. The van der Waals surface area contributed by atoms with E-state index in [4.69, 9.17) is 4.74 Å². The van der Waals surface area contributed by atoms with Crippen LogP contribution >= 0.6 is 0 Å². The second-order valence-electron chi connectivity index (χ2n) is 5.21. The van der Waals surface area contributed by atoms with Crippen molar-refractivity contribution < 1.29 is 9.84 Å². The molecule has 0 aliphatic carbocycles. The molecule has 109 valence electrons. The number of unbranched alkanes of at least 4 members (excludes halogenated alkanes) is 10. The normalized spacial score (nSPS) is 11.0. The zero-order valence-electron chi connectivity index (χ0n) is 12.4. The van der Waals surface area contributed by atoms with E-state index in [2.05, 4.69) is 6.92 Å². The van der Waals surface area contributed by atoms with Crippen LogP contribution in [0.2, 0.25) is 0 Å². The fourth-order valence-corrected chi connectivity index (χ4v) is 2.10. The molecule has 0 fully saturated rings. The van der Waals surface area contributed by atoms with Gasteiger partial charge in [0, 0.05) is 13.2 Å². The summed E-state index contributed by atoms with van der Waals surface area (Å²) in [5.74, 6) is 0. The van der Waals surface area contributed by atoms with Gasteiger partial charge in [-0.1, -0.05) is 64.7 Å². The standard InChI is InChI=1S/C16H33O2/c1-2-3-4-9-12-15-18-16-13-10-7-5-6-8-11-14-17/h2-16H2,1H3. The third kappa shape index (κ3) is 15.9. The Hall–Kier alpha value is -0.0800. The van der Waals surface area contributed by atoms with E-state index in [1.807, 2.05) is 0 Å². The van der Waals surface area contributed by atoms with Crippen LogP contribution in [0.25, 0.3) is 0 Å². The van der Waals surface area contributed by atoms with Gasteiger partial charge < -0.3 is 4.74 Å². The molecule has 0 saturated heterocycles. The number of ether oxygens (including phenoxy) is 1. The van der Waals surface area contributed by atoms with Crippen LogP contribution in [0, 0.1) is 0 Å². The Bertz CT molecular complexity index is 121. The molecule has 2 heteroatoms. The molecule has 0 spiro atoms. The Morgan fingerprint density at radius 3 is 1.56 bits per heavy atom. The maximum absolute atomic E-state index is 10.2. The van der Waals surface area contributed by atoms with Gasteiger partial charge in [-0.05, 0) is 19.3 Å². The molecule has 0 N–H and O–H groups in total. The van der Waals surface area contributed by atoms with Gasteiger partial charge >= 0.3 is 0 Å². The van der Waals surface area contributed by atoms with Crippen LogP contribution in [0.3, 0.4) is 0 Å². The maximum atomic E-state index is 10.2. The lowest BCUT2D eigenvalue weighted by molar-refractivity contribution is 0.125. The molecule has 0 aromatic heterocycles. The molecular weight excluding hydrogens is 224 g/mol. The predicted molar refractivity (Wildman–Crippen MR) is 77.5 cm³/mol. The van der Waals surface area contributed by atoms with Crippen molar-refractivity contribution in [2.45, 2.75) is 84.0 Å². The van der Waals surface area contributed by atoms with Gasteiger partial charge in [-0.2, -0.15) is 0 Å². The molecule has 0 rings (SSSR count). The molecule has 0 amide bonds. The smallest absolute Gasteiger partial charge is 0.0822 e. The highest BCUT2D eigenvalue weighted by atomic mass is 16.5. The lowest BCUT2D eigenvalue weighted by atomic mass is 10.1. The maximum Gasteiger partial charge on any atom is 0.0822 e. The van der Waals surface area contributed by atoms with Crippen LogP contribution < -0.4 is 0 Å². The first-order chi connectivity index (χ1) is 8.91. The van der Waals surface area contributed by atoms with Crippen LogP contribution in [-0.4, -0.2) is 19.8 Å². The van der Waals surface area contributed by atoms with Gasteiger partial charge in [0.15, 0.2) is 0 Å². The van der Waals surface area contributed by atoms with Crippen molar-refractivity contribution >= 4 is 0 Å². The molecular formula is C16H33O2. The molecule has 0 aromatic rings. The van der Waals surface area contributed by atoms with Gasteiger partial charge in [0.2, 0.25) is 0 Å². The first-order valence-electron chi connectivity index (χ1n) is 8.07. The zero-order chi connectivity index (χ0) is 13.3. The minimum Gasteiger partial charge on any atom is -0.381 e. The van der Waals surface area contributed by atoms with Crippen LogP contribution in [0.1, 0.15) is 84.0 Å². The van der Waals surface area contributed by atoms with Gasteiger partial charge in [-0.15, -0.1) is 0 Å². The molecule has 0 aliphatic heterocycles. The van der Waals surface area contributed by atoms with Crippen molar-refractivity contribution in [3.8, 4) is 0 Å². The first-order valence-corrected chi connectivity index (χ1v) is 8.07. The molecule has 0 saturated carbocycles. The number of rotatable bonds is 15. The second-order valence-corrected chi connectivity index (χ2v) is 5.21. The topological polar surface area (TPSA) is 29.1 Å². The Morgan fingerprint density at radius 2 is 1.06 bits per heavy atom. The summed E-state index contributed by atoms with van der Waals surface area (Å²) in [5, 5.41) is 10.2. The van der Waals surface area contributed by atoms with Gasteiger partial charge in [-0.3, -0.25) is 0 Å². The summed E-state index contributed by atoms with van der Waals surface area (Å²) < 4.78 is 5.62. The highest BCUT2D eigenvalue weighted by molar-refractivity contribution is 4.46. The average molecular weight is 257 g/mol. The molecule has 0 unspecified atom stereocenters. The van der Waals surface area contributed by atoms with E-state index >= 15 is 0 Å². The van der Waals surface area contributed by atoms with Crippen LogP contribution in [0.15, 0.2) is 0 Å². The second kappa shape index (κ2) is 16.9. The van der Waals surface area contributed by atoms with E-state index in [0.717, 1.165) is 26.1 Å². The third-order valence-electron chi connectivity index (χ3n) is 3.33. The molecule has 1 radical (unpaired) electrons. The monoisotopic (exact) mass is 257 g/mol. The average Bonchev–Trinajstić information content (AvgIpc) is 2.39. The Labute approximate surface area is 114 Å². The van der Waals surface area contributed by atoms with Crippen LogP contribution in [0.5, 0.6) is 0 Å². The van der Waals surface area contributed by atoms with Crippen molar-refractivity contribution in [1.82, 2.24) is 0 Å². The van der Waals surface area contributed by atoms with Crippen molar-refractivity contribution in [3.05, 3.63) is 0 Å². The fourth-order valence-electron chi connectivity index (χ4n) is 2.10. The SMILES string of the molecule is CCCCCCCOCCCCCCCCC[O]. The molecule has 0 aromatic carbocycles. The summed E-state index contributed by atoms with van der Waals surface area (Å²) in [6.45, 7) is 4.24. The summed E-state index contributed by atoms with van der Waals surface area (Å²) in [7, 11) is 0. The quantitative estimate of drug-likeness (QED) is 0.374. The third-order valence-corrected chi connectivity index (χ3v) is 3.33. The van der Waals surface area contributed by atoms with E-state index in [0.29, 0.717) is 0 Å². The molecule has 2 nitrogen and oxygen atoms in total. The van der Waals surface area contributed by atoms with Crippen molar-refractivity contribution in [2.75, 3.05) is 19.8 Å². The first kappa shape index (κ1) is 17.9. The van der Waals surface area contributed by atoms with E-state index in [9.17, 15) is 5.11 Å². The minimum atomic E-state index is 0.103. The Kier molecular flexibility index (Phi) is 16.8. The van der Waals surface area contributed by atoms with E-state index in [1.54, 1.807) is 0 Å². The van der Waals surface area contributed by atoms with Crippen LogP contribution in [0.4, 0.5) is 0 Å². The van der Waals surface area contributed by atoms with E-state index < -0.39 is 0 Å². The fraction of sp³-hybridized carbons (Fsp3) is 1.00. The Balaban J connectivity index is 2.86. The zero-order valence-corrected chi connectivity index (χ0v) is 12.4. The predicted octanol–water partition coefficient (Wildman–Crippen LogP) is 5.13. The van der Waals surface area contributed by atoms with Crippen LogP contribution in [-0.2, 0) is 9.84 Å². The highest BCUT2D eigenvalue weighted by Gasteiger charge is 1.93. The summed E-state index contributed by atoms with van der Waals surface area (Å²) in [5.41, 5.74) is 0. The van der Waals surface area contributed by atoms with Gasteiger partial charge in [-0.25, -0.2) is 5.11 Å². The highest BCUT2D eigenvalue weighted by Crippen LogP contribution is 2.07. The lowest BCUT2D eigenvalue weighted by Crippen LogP contribution is -1.97. The molecule has 0 aliphatic rings. The summed E-state index contributed by atoms with van der Waals surface area (Å²) in [6.07, 6.45) is 14.9. The van der Waals surface area contributed by atoms with E-state index in [-0.39, 0.29) is 6.61 Å². The van der Waals surface area contributed by atoms with Crippen molar-refractivity contribution in [1.29, 1.82) is 0 Å². The summed E-state index contributed by atoms with van der Waals surface area (Å²) in [6, 6.07) is 0.